The summed E-state index contributed by atoms with van der Waals surface area (Å²) in [5.74, 6) is -1.62. The Morgan fingerprint density at radius 1 is 1.15 bits per heavy atom. The zero-order valence-corrected chi connectivity index (χ0v) is 26.1. The van der Waals surface area contributed by atoms with Crippen molar-refractivity contribution in [3.05, 3.63) is 77.0 Å². The molecule has 47 heavy (non-hydrogen) atoms. The number of carbonyl (C=O) groups is 1. The molecule has 0 spiro atoms. The number of alkyl halides is 3. The molecule has 1 saturated carbocycles. The van der Waals surface area contributed by atoms with E-state index in [1.165, 1.54) is 18.3 Å². The fourth-order valence-corrected chi connectivity index (χ4v) is 6.93. The number of anilines is 1. The number of rotatable bonds is 6. The minimum Gasteiger partial charge on any atom is -0.350 e. The molecular weight excluding hydrogens is 642 g/mol. The van der Waals surface area contributed by atoms with Crippen LogP contribution in [0.4, 0.5) is 23.4 Å². The molecule has 1 atom stereocenters. The number of piperazine rings is 1. The maximum atomic E-state index is 16.0. The van der Waals surface area contributed by atoms with Crippen LogP contribution in [0.2, 0.25) is 0 Å². The molecule has 0 radical (unpaired) electrons. The van der Waals surface area contributed by atoms with Crippen molar-refractivity contribution in [2.75, 3.05) is 30.8 Å². The zero-order chi connectivity index (χ0) is 33.8. The van der Waals surface area contributed by atoms with E-state index < -0.39 is 50.5 Å². The van der Waals surface area contributed by atoms with E-state index in [1.807, 2.05) is 0 Å². The van der Waals surface area contributed by atoms with Gasteiger partial charge < -0.3 is 9.80 Å². The van der Waals surface area contributed by atoms with E-state index >= 15 is 4.39 Å². The number of carbonyl (C=O) groups excluding carboxylic acids is 1. The maximum absolute atomic E-state index is 16.0. The van der Waals surface area contributed by atoms with Crippen LogP contribution in [0.1, 0.15) is 43.4 Å². The van der Waals surface area contributed by atoms with Gasteiger partial charge in [0.25, 0.3) is 0 Å². The monoisotopic (exact) mass is 671 g/mol. The first-order valence-electron chi connectivity index (χ1n) is 14.7. The summed E-state index contributed by atoms with van der Waals surface area (Å²) in [4.78, 5) is 45.6. The molecule has 11 nitrogen and oxygen atoms in total. The highest BCUT2D eigenvalue weighted by Gasteiger charge is 2.38. The second-order valence-electron chi connectivity index (χ2n) is 11.6. The Balaban J connectivity index is 1.69. The molecule has 1 aliphatic heterocycles. The first kappa shape index (κ1) is 32.2. The molecule has 4 aromatic heterocycles. The Bertz CT molecular complexity index is 2100. The van der Waals surface area contributed by atoms with Crippen molar-refractivity contribution in [3.63, 3.8) is 0 Å². The van der Waals surface area contributed by atoms with E-state index in [-0.39, 0.29) is 58.9 Å². The summed E-state index contributed by atoms with van der Waals surface area (Å²) in [6, 6.07) is 2.73. The van der Waals surface area contributed by atoms with Gasteiger partial charge in [0, 0.05) is 56.1 Å². The molecule has 2 fully saturated rings. The van der Waals surface area contributed by atoms with Crippen LogP contribution < -0.4 is 10.6 Å². The predicted molar refractivity (Wildman–Crippen MR) is 164 cm³/mol. The third kappa shape index (κ3) is 5.74. The number of nitrogens with zero attached hydrogens (tertiary/aromatic N) is 7. The molecule has 0 N–H and O–H groups in total. The third-order valence-corrected chi connectivity index (χ3v) is 9.70. The highest BCUT2D eigenvalue weighted by Crippen LogP contribution is 2.42. The number of hydrogen-bond acceptors (Lipinski definition) is 9. The molecule has 0 aromatic carbocycles. The Hall–Kier alpha value is -4.73. The van der Waals surface area contributed by atoms with Crippen LogP contribution in [0.25, 0.3) is 28.0 Å². The molecule has 1 aliphatic carbocycles. The van der Waals surface area contributed by atoms with Gasteiger partial charge in [-0.15, -0.1) is 0 Å². The summed E-state index contributed by atoms with van der Waals surface area (Å²) in [6.45, 7) is 5.89. The zero-order valence-electron chi connectivity index (χ0n) is 25.3. The van der Waals surface area contributed by atoms with E-state index in [0.717, 1.165) is 41.8 Å². The molecular formula is C31H29F4N7O4S. The molecule has 246 valence electrons. The number of amides is 1. The van der Waals surface area contributed by atoms with Crippen LogP contribution in [-0.2, 0) is 20.8 Å². The van der Waals surface area contributed by atoms with Crippen molar-refractivity contribution in [1.82, 2.24) is 29.4 Å². The van der Waals surface area contributed by atoms with Gasteiger partial charge in [-0.25, -0.2) is 27.2 Å². The topological polar surface area (TPSA) is 131 Å². The van der Waals surface area contributed by atoms with Crippen molar-refractivity contribution in [2.45, 2.75) is 49.2 Å². The van der Waals surface area contributed by atoms with Gasteiger partial charge >= 0.3 is 11.9 Å². The van der Waals surface area contributed by atoms with Crippen molar-refractivity contribution in [2.24, 2.45) is 0 Å². The quantitative estimate of drug-likeness (QED) is 0.218. The highest BCUT2D eigenvalue weighted by atomic mass is 32.2. The van der Waals surface area contributed by atoms with Crippen molar-refractivity contribution < 1.29 is 30.8 Å². The highest BCUT2D eigenvalue weighted by molar-refractivity contribution is 7.90. The molecule has 5 heterocycles. The molecule has 1 saturated heterocycles. The van der Waals surface area contributed by atoms with Gasteiger partial charge in [0.2, 0.25) is 5.91 Å². The lowest BCUT2D eigenvalue weighted by atomic mass is 9.80. The lowest BCUT2D eigenvalue weighted by Crippen LogP contribution is -2.54. The normalized spacial score (nSPS) is 17.5. The number of fused-ring (bicyclic) bond motifs is 1. The molecule has 1 amide bonds. The Morgan fingerprint density at radius 2 is 1.89 bits per heavy atom. The van der Waals surface area contributed by atoms with E-state index in [9.17, 15) is 31.2 Å². The third-order valence-electron chi connectivity index (χ3n) is 8.60. The standard InChI is InChI=1S/C31H29F4N7O4S/c1-4-24(43)40-11-12-41(17(2)16-40)28-20-13-22(32)25(19-9-6-10-37-27(19)31(33,34)35)38-29(20)42(30(44)39-28)26-21(18-7-5-8-18)14-36-15-23(26)47(3,45)46/h4,6,9-10,13-15,17-18H,1,5,7-8,11-12,16H2,2-3H3/t17-/m0/s1. The first-order valence-corrected chi connectivity index (χ1v) is 16.6. The molecule has 4 aromatic rings. The summed E-state index contributed by atoms with van der Waals surface area (Å²) < 4.78 is 85.2. The van der Waals surface area contributed by atoms with Crippen LogP contribution in [0.5, 0.6) is 0 Å². The van der Waals surface area contributed by atoms with E-state index in [0.29, 0.717) is 18.4 Å². The van der Waals surface area contributed by atoms with Crippen LogP contribution in [0.15, 0.2) is 59.1 Å². The van der Waals surface area contributed by atoms with Crippen molar-refractivity contribution in [1.29, 1.82) is 0 Å². The second kappa shape index (κ2) is 11.8. The second-order valence-corrected chi connectivity index (χ2v) is 13.6. The minimum absolute atomic E-state index is 0.0141. The van der Waals surface area contributed by atoms with Gasteiger partial charge in [-0.1, -0.05) is 13.0 Å². The average molecular weight is 672 g/mol. The van der Waals surface area contributed by atoms with E-state index in [4.69, 9.17) is 0 Å². The van der Waals surface area contributed by atoms with Crippen molar-refractivity contribution >= 4 is 32.6 Å². The molecule has 2 aliphatic rings. The summed E-state index contributed by atoms with van der Waals surface area (Å²) >= 11 is 0. The number of hydrogen-bond donors (Lipinski definition) is 0. The van der Waals surface area contributed by atoms with Crippen LogP contribution >= 0.6 is 0 Å². The predicted octanol–water partition coefficient (Wildman–Crippen LogP) is 4.29. The van der Waals surface area contributed by atoms with Gasteiger partial charge in [0.15, 0.2) is 21.2 Å². The van der Waals surface area contributed by atoms with Crippen LogP contribution in [0, 0.1) is 5.82 Å². The molecule has 0 bridgehead atoms. The fourth-order valence-electron chi connectivity index (χ4n) is 6.12. The lowest BCUT2D eigenvalue weighted by molar-refractivity contribution is -0.140. The molecule has 6 rings (SSSR count). The average Bonchev–Trinajstić information content (AvgIpc) is 2.99. The maximum Gasteiger partial charge on any atom is 0.434 e. The SMILES string of the molecule is C=CC(=O)N1CCN(c2nc(=O)n(-c3c(C4CCC4)cncc3S(C)(=O)=O)c3nc(-c4cccnc4C(F)(F)F)c(F)cc23)[C@@H](C)C1. The summed E-state index contributed by atoms with van der Waals surface area (Å²) in [5.41, 5.74) is -3.73. The fraction of sp³-hybridized carbons (Fsp3) is 0.355. The Labute approximate surface area is 266 Å². The summed E-state index contributed by atoms with van der Waals surface area (Å²) in [7, 11) is -4.03. The van der Waals surface area contributed by atoms with E-state index in [1.54, 1.807) is 16.7 Å². The van der Waals surface area contributed by atoms with Gasteiger partial charge in [0.1, 0.15) is 22.2 Å². The molecule has 16 heteroatoms. The van der Waals surface area contributed by atoms with E-state index in [2.05, 4.69) is 26.5 Å². The van der Waals surface area contributed by atoms with Crippen LogP contribution in [-0.4, -0.2) is 75.7 Å². The first-order chi connectivity index (χ1) is 22.2. The Kier molecular flexibility index (Phi) is 8.10. The van der Waals surface area contributed by atoms with Gasteiger partial charge in [-0.3, -0.25) is 14.8 Å². The van der Waals surface area contributed by atoms with Crippen molar-refractivity contribution in [3.8, 4) is 16.9 Å². The number of pyridine rings is 3. The van der Waals surface area contributed by atoms with Gasteiger partial charge in [-0.2, -0.15) is 18.2 Å². The lowest BCUT2D eigenvalue weighted by Gasteiger charge is -2.40. The molecule has 0 unspecified atom stereocenters. The largest absolute Gasteiger partial charge is 0.434 e. The number of sulfone groups is 1. The number of aromatic nitrogens is 5. The smallest absolute Gasteiger partial charge is 0.350 e. The van der Waals surface area contributed by atoms with Crippen LogP contribution in [0.3, 0.4) is 0 Å². The number of halogens is 4. The Morgan fingerprint density at radius 3 is 2.51 bits per heavy atom. The summed E-state index contributed by atoms with van der Waals surface area (Å²) in [6.07, 6.45) is 2.84. The van der Waals surface area contributed by atoms with Gasteiger partial charge in [0.05, 0.1) is 11.1 Å². The van der Waals surface area contributed by atoms with Gasteiger partial charge in [-0.05, 0) is 55.5 Å². The summed E-state index contributed by atoms with van der Waals surface area (Å²) in [5, 5.41) is -0.0468. The minimum atomic E-state index is -4.97.